The molecule has 72 valence electrons. The standard InChI is InChI=1S/C11H13N3/c1-7(2)11-8-5-13-6-14-10(8)4-3-9(11)12/h3-7H,12H2,1-2H3. The first-order chi connectivity index (χ1) is 6.70. The highest BCUT2D eigenvalue weighted by molar-refractivity contribution is 5.86. The summed E-state index contributed by atoms with van der Waals surface area (Å²) in [7, 11) is 0. The number of benzene rings is 1. The third-order valence-corrected chi connectivity index (χ3v) is 2.34. The van der Waals surface area contributed by atoms with Gasteiger partial charge in [-0.3, -0.25) is 0 Å². The number of hydrogen-bond donors (Lipinski definition) is 1. The first-order valence-corrected chi connectivity index (χ1v) is 4.68. The minimum absolute atomic E-state index is 0.393. The molecule has 0 atom stereocenters. The first kappa shape index (κ1) is 8.94. The molecule has 0 bridgehead atoms. The van der Waals surface area contributed by atoms with Gasteiger partial charge >= 0.3 is 0 Å². The van der Waals surface area contributed by atoms with E-state index in [1.165, 1.54) is 0 Å². The van der Waals surface area contributed by atoms with Crippen molar-refractivity contribution in [2.75, 3.05) is 5.73 Å². The third-order valence-electron chi connectivity index (χ3n) is 2.34. The van der Waals surface area contributed by atoms with Crippen LogP contribution in [0.4, 0.5) is 5.69 Å². The van der Waals surface area contributed by atoms with Crippen LogP contribution in [-0.2, 0) is 0 Å². The number of nitrogens with two attached hydrogens (primary N) is 1. The van der Waals surface area contributed by atoms with Crippen molar-refractivity contribution < 1.29 is 0 Å². The van der Waals surface area contributed by atoms with Crippen LogP contribution in [0.2, 0.25) is 0 Å². The molecule has 0 fully saturated rings. The van der Waals surface area contributed by atoms with E-state index >= 15 is 0 Å². The summed E-state index contributed by atoms with van der Waals surface area (Å²) in [5.74, 6) is 0.393. The molecule has 14 heavy (non-hydrogen) atoms. The van der Waals surface area contributed by atoms with Gasteiger partial charge in [0.1, 0.15) is 6.33 Å². The largest absolute Gasteiger partial charge is 0.398 e. The Morgan fingerprint density at radius 3 is 2.79 bits per heavy atom. The summed E-state index contributed by atoms with van der Waals surface area (Å²) in [6, 6.07) is 3.84. The van der Waals surface area contributed by atoms with Crippen molar-refractivity contribution >= 4 is 16.6 Å². The molecule has 0 radical (unpaired) electrons. The van der Waals surface area contributed by atoms with Gasteiger partial charge in [0.05, 0.1) is 5.52 Å². The van der Waals surface area contributed by atoms with Crippen LogP contribution in [0.25, 0.3) is 10.9 Å². The fourth-order valence-electron chi connectivity index (χ4n) is 1.74. The van der Waals surface area contributed by atoms with Crippen LogP contribution in [0.15, 0.2) is 24.7 Å². The highest BCUT2D eigenvalue weighted by Crippen LogP contribution is 2.28. The van der Waals surface area contributed by atoms with Crippen molar-refractivity contribution in [2.45, 2.75) is 19.8 Å². The molecule has 3 nitrogen and oxygen atoms in total. The average molecular weight is 187 g/mol. The van der Waals surface area contributed by atoms with Gasteiger partial charge in [-0.15, -0.1) is 0 Å². The Kier molecular flexibility index (Phi) is 2.08. The number of anilines is 1. The smallest absolute Gasteiger partial charge is 0.116 e. The molecule has 3 heteroatoms. The van der Waals surface area contributed by atoms with E-state index in [0.29, 0.717) is 5.92 Å². The maximum Gasteiger partial charge on any atom is 0.116 e. The predicted molar refractivity (Wildman–Crippen MR) is 58.0 cm³/mol. The van der Waals surface area contributed by atoms with E-state index in [9.17, 15) is 0 Å². The zero-order valence-electron chi connectivity index (χ0n) is 8.36. The molecule has 0 aliphatic rings. The van der Waals surface area contributed by atoms with Crippen LogP contribution >= 0.6 is 0 Å². The number of fused-ring (bicyclic) bond motifs is 1. The zero-order chi connectivity index (χ0) is 10.1. The van der Waals surface area contributed by atoms with E-state index in [2.05, 4.69) is 23.8 Å². The lowest BCUT2D eigenvalue weighted by Gasteiger charge is -2.11. The monoisotopic (exact) mass is 187 g/mol. The number of nitrogen functional groups attached to an aromatic ring is 1. The van der Waals surface area contributed by atoms with Crippen LogP contribution < -0.4 is 5.73 Å². The Morgan fingerprint density at radius 1 is 1.29 bits per heavy atom. The molecule has 1 aromatic carbocycles. The Hall–Kier alpha value is -1.64. The van der Waals surface area contributed by atoms with Gasteiger partial charge in [-0.25, -0.2) is 9.97 Å². The lowest BCUT2D eigenvalue weighted by molar-refractivity contribution is 0.878. The van der Waals surface area contributed by atoms with Crippen LogP contribution in [0, 0.1) is 0 Å². The van der Waals surface area contributed by atoms with E-state index in [1.54, 1.807) is 6.33 Å². The van der Waals surface area contributed by atoms with Gasteiger partial charge in [0.15, 0.2) is 0 Å². The fourth-order valence-corrected chi connectivity index (χ4v) is 1.74. The summed E-state index contributed by atoms with van der Waals surface area (Å²) in [5.41, 5.74) is 8.85. The maximum absolute atomic E-state index is 5.93. The molecule has 0 amide bonds. The van der Waals surface area contributed by atoms with Crippen molar-refractivity contribution in [3.8, 4) is 0 Å². The van der Waals surface area contributed by atoms with Gasteiger partial charge in [0, 0.05) is 17.3 Å². The highest BCUT2D eigenvalue weighted by atomic mass is 14.8. The number of hydrogen-bond acceptors (Lipinski definition) is 3. The predicted octanol–water partition coefficient (Wildman–Crippen LogP) is 2.34. The summed E-state index contributed by atoms with van der Waals surface area (Å²) in [6.07, 6.45) is 3.39. The van der Waals surface area contributed by atoms with E-state index in [-0.39, 0.29) is 0 Å². The van der Waals surface area contributed by atoms with Crippen molar-refractivity contribution in [3.63, 3.8) is 0 Å². The highest BCUT2D eigenvalue weighted by Gasteiger charge is 2.09. The van der Waals surface area contributed by atoms with Crippen molar-refractivity contribution in [1.82, 2.24) is 9.97 Å². The molecule has 0 spiro atoms. The number of aromatic nitrogens is 2. The Labute approximate surface area is 83.0 Å². The lowest BCUT2D eigenvalue weighted by atomic mass is 9.97. The summed E-state index contributed by atoms with van der Waals surface area (Å²) in [4.78, 5) is 8.23. The van der Waals surface area contributed by atoms with E-state index in [0.717, 1.165) is 22.2 Å². The first-order valence-electron chi connectivity index (χ1n) is 4.68. The second kappa shape index (κ2) is 3.25. The van der Waals surface area contributed by atoms with Crippen LogP contribution in [0.3, 0.4) is 0 Å². The van der Waals surface area contributed by atoms with Gasteiger partial charge in [-0.2, -0.15) is 0 Å². The van der Waals surface area contributed by atoms with Gasteiger partial charge in [0.25, 0.3) is 0 Å². The zero-order valence-corrected chi connectivity index (χ0v) is 8.36. The van der Waals surface area contributed by atoms with E-state index < -0.39 is 0 Å². The molecule has 1 aromatic heterocycles. The molecule has 2 N–H and O–H groups in total. The summed E-state index contributed by atoms with van der Waals surface area (Å²) >= 11 is 0. The summed E-state index contributed by atoms with van der Waals surface area (Å²) in [6.45, 7) is 4.25. The minimum atomic E-state index is 0.393. The second-order valence-electron chi connectivity index (χ2n) is 3.68. The fraction of sp³-hybridized carbons (Fsp3) is 0.273. The van der Waals surface area contributed by atoms with E-state index in [1.807, 2.05) is 18.3 Å². The third kappa shape index (κ3) is 1.31. The molecule has 0 aliphatic carbocycles. The van der Waals surface area contributed by atoms with Gasteiger partial charge < -0.3 is 5.73 Å². The van der Waals surface area contributed by atoms with Crippen molar-refractivity contribution in [1.29, 1.82) is 0 Å². The normalized spacial score (nSPS) is 11.1. The second-order valence-corrected chi connectivity index (χ2v) is 3.68. The quantitative estimate of drug-likeness (QED) is 0.697. The molecule has 2 rings (SSSR count). The van der Waals surface area contributed by atoms with Gasteiger partial charge in [0.2, 0.25) is 0 Å². The summed E-state index contributed by atoms with van der Waals surface area (Å²) in [5, 5.41) is 1.06. The molecular formula is C11H13N3. The van der Waals surface area contributed by atoms with Gasteiger partial charge in [-0.05, 0) is 23.6 Å². The topological polar surface area (TPSA) is 51.8 Å². The van der Waals surface area contributed by atoms with Crippen molar-refractivity contribution in [2.24, 2.45) is 0 Å². The minimum Gasteiger partial charge on any atom is -0.398 e. The SMILES string of the molecule is CC(C)c1c(N)ccc2ncncc12. The maximum atomic E-state index is 5.93. The average Bonchev–Trinajstić information content (AvgIpc) is 2.17. The van der Waals surface area contributed by atoms with E-state index in [4.69, 9.17) is 5.73 Å². The number of nitrogens with zero attached hydrogens (tertiary/aromatic N) is 2. The molecule has 0 saturated carbocycles. The summed E-state index contributed by atoms with van der Waals surface area (Å²) < 4.78 is 0. The Morgan fingerprint density at radius 2 is 2.07 bits per heavy atom. The number of rotatable bonds is 1. The molecule has 0 aliphatic heterocycles. The van der Waals surface area contributed by atoms with Crippen LogP contribution in [-0.4, -0.2) is 9.97 Å². The molecule has 0 unspecified atom stereocenters. The molecule has 2 aromatic rings. The van der Waals surface area contributed by atoms with Gasteiger partial charge in [-0.1, -0.05) is 13.8 Å². The van der Waals surface area contributed by atoms with Crippen LogP contribution in [0.1, 0.15) is 25.3 Å². The Bertz CT molecular complexity index is 463. The Balaban J connectivity index is 2.83. The lowest BCUT2D eigenvalue weighted by Crippen LogP contribution is -1.98. The molecular weight excluding hydrogens is 174 g/mol. The van der Waals surface area contributed by atoms with Crippen molar-refractivity contribution in [3.05, 3.63) is 30.2 Å². The van der Waals surface area contributed by atoms with Crippen LogP contribution in [0.5, 0.6) is 0 Å². The molecule has 1 heterocycles. The molecule has 0 saturated heterocycles.